The fourth-order valence-corrected chi connectivity index (χ4v) is 9.03. The van der Waals surface area contributed by atoms with Gasteiger partial charge in [0.25, 0.3) is 0 Å². The first-order chi connectivity index (χ1) is 20.6. The van der Waals surface area contributed by atoms with Crippen molar-refractivity contribution in [1.29, 1.82) is 0 Å². The molecule has 44 heavy (non-hydrogen) atoms. The van der Waals surface area contributed by atoms with Crippen LogP contribution in [0.3, 0.4) is 0 Å². The van der Waals surface area contributed by atoms with Gasteiger partial charge in [0, 0.05) is 22.2 Å². The van der Waals surface area contributed by atoms with Crippen LogP contribution in [0.2, 0.25) is 0 Å². The summed E-state index contributed by atoms with van der Waals surface area (Å²) in [6, 6.07) is 38.1. The van der Waals surface area contributed by atoms with E-state index in [-0.39, 0.29) is 36.8 Å². The largest absolute Gasteiger partial charge is 2.00 e. The van der Waals surface area contributed by atoms with Gasteiger partial charge in [-0.05, 0) is 66.3 Å². The predicted molar refractivity (Wildman–Crippen MR) is 181 cm³/mol. The van der Waals surface area contributed by atoms with Crippen LogP contribution in [0.5, 0.6) is 0 Å². The molecule has 3 nitrogen and oxygen atoms in total. The minimum absolute atomic E-state index is 0. The molecule has 2 atom stereocenters. The SMILES string of the molecule is Cc1cc(C2=N[C@]3(C)C(C)(C)c4ccccc4[C@]3(C)S2)[c-]c(-n2c3[c-]c(-c4cc(C)ccn4)ccc3c3ccccc32)c1.[Pt+2]. The molecule has 2 aliphatic rings. The van der Waals surface area contributed by atoms with Crippen LogP contribution >= 0.6 is 11.8 Å². The van der Waals surface area contributed by atoms with Crippen LogP contribution in [0.25, 0.3) is 38.8 Å². The smallest absolute Gasteiger partial charge is 0.346 e. The Morgan fingerprint density at radius 1 is 0.727 bits per heavy atom. The van der Waals surface area contributed by atoms with Gasteiger partial charge in [-0.3, -0.25) is 0 Å². The quantitative estimate of drug-likeness (QED) is 0.168. The van der Waals surface area contributed by atoms with Gasteiger partial charge in [-0.25, -0.2) is 0 Å². The first-order valence-corrected chi connectivity index (χ1v) is 15.7. The monoisotopic (exact) mass is 770 g/mol. The first-order valence-electron chi connectivity index (χ1n) is 14.9. The van der Waals surface area contributed by atoms with E-state index < -0.39 is 0 Å². The molecule has 1 aliphatic carbocycles. The third kappa shape index (κ3) is 3.93. The molecule has 220 valence electrons. The molecule has 0 amide bonds. The summed E-state index contributed by atoms with van der Waals surface area (Å²) in [7, 11) is 0. The molecule has 1 aliphatic heterocycles. The number of thioether (sulfide) groups is 1. The van der Waals surface area contributed by atoms with E-state index in [9.17, 15) is 0 Å². The van der Waals surface area contributed by atoms with E-state index in [1.54, 1.807) is 0 Å². The van der Waals surface area contributed by atoms with E-state index in [0.29, 0.717) is 0 Å². The fraction of sp³-hybridized carbons (Fsp3) is 0.231. The Hall–Kier alpha value is -3.46. The van der Waals surface area contributed by atoms with Crippen LogP contribution in [0.4, 0.5) is 0 Å². The van der Waals surface area contributed by atoms with Crippen molar-refractivity contribution >= 4 is 38.6 Å². The van der Waals surface area contributed by atoms with Gasteiger partial charge in [0.1, 0.15) is 0 Å². The zero-order valence-electron chi connectivity index (χ0n) is 25.7. The Kier molecular flexibility index (Phi) is 6.67. The summed E-state index contributed by atoms with van der Waals surface area (Å²) >= 11 is 1.90. The van der Waals surface area contributed by atoms with E-state index in [0.717, 1.165) is 38.6 Å². The molecule has 0 unspecified atom stereocenters. The number of para-hydroxylation sites is 1. The van der Waals surface area contributed by atoms with Crippen LogP contribution in [-0.4, -0.2) is 20.1 Å². The molecule has 4 aromatic carbocycles. The molecule has 0 bridgehead atoms. The van der Waals surface area contributed by atoms with E-state index in [2.05, 4.69) is 142 Å². The number of hydrogen-bond donors (Lipinski definition) is 0. The van der Waals surface area contributed by atoms with Gasteiger partial charge in [-0.15, -0.1) is 64.9 Å². The Labute approximate surface area is 278 Å². The summed E-state index contributed by atoms with van der Waals surface area (Å²) in [4.78, 5) is 10.2. The molecule has 8 rings (SSSR count). The Bertz CT molecular complexity index is 2160. The van der Waals surface area contributed by atoms with Crippen molar-refractivity contribution in [3.8, 4) is 16.9 Å². The molecular weight excluding hydrogens is 738 g/mol. The summed E-state index contributed by atoms with van der Waals surface area (Å²) in [5.74, 6) is 0. The van der Waals surface area contributed by atoms with E-state index in [4.69, 9.17) is 4.99 Å². The third-order valence-electron chi connectivity index (χ3n) is 10.1. The summed E-state index contributed by atoms with van der Waals surface area (Å²) < 4.78 is 2.15. The molecule has 0 fully saturated rings. The average molecular weight is 771 g/mol. The number of pyridine rings is 1. The second kappa shape index (κ2) is 10.0. The minimum Gasteiger partial charge on any atom is -0.346 e. The molecule has 0 spiro atoms. The number of aryl methyl sites for hydroxylation is 2. The van der Waals surface area contributed by atoms with Crippen molar-refractivity contribution in [2.45, 2.75) is 57.2 Å². The minimum atomic E-state index is -0.280. The van der Waals surface area contributed by atoms with Crippen LogP contribution in [0.1, 0.15) is 55.5 Å². The second-order valence-corrected chi connectivity index (χ2v) is 14.4. The molecule has 0 radical (unpaired) electrons. The number of benzene rings is 4. The Balaban J connectivity index is 0.00000312. The van der Waals surface area contributed by atoms with Gasteiger partial charge in [-0.1, -0.05) is 80.3 Å². The van der Waals surface area contributed by atoms with Gasteiger partial charge >= 0.3 is 21.1 Å². The zero-order chi connectivity index (χ0) is 29.7. The number of fused-ring (bicyclic) bond motifs is 6. The van der Waals surface area contributed by atoms with Crippen LogP contribution in [0.15, 0.2) is 96.1 Å². The van der Waals surface area contributed by atoms with Crippen molar-refractivity contribution in [2.75, 3.05) is 0 Å². The second-order valence-electron chi connectivity index (χ2n) is 13.0. The number of hydrogen-bond acceptors (Lipinski definition) is 3. The third-order valence-corrected chi connectivity index (χ3v) is 11.7. The molecule has 0 saturated carbocycles. The van der Waals surface area contributed by atoms with Crippen molar-refractivity contribution in [2.24, 2.45) is 4.99 Å². The van der Waals surface area contributed by atoms with Crippen LogP contribution < -0.4 is 0 Å². The van der Waals surface area contributed by atoms with Crippen molar-refractivity contribution < 1.29 is 21.1 Å². The maximum atomic E-state index is 5.56. The molecule has 6 aromatic rings. The average Bonchev–Trinajstić information content (AvgIpc) is 3.53. The molecular formula is C39H33N3PtS. The van der Waals surface area contributed by atoms with Crippen LogP contribution in [0, 0.1) is 26.0 Å². The van der Waals surface area contributed by atoms with Crippen molar-refractivity contribution in [1.82, 2.24) is 9.55 Å². The maximum Gasteiger partial charge on any atom is 2.00 e. The van der Waals surface area contributed by atoms with Gasteiger partial charge in [0.2, 0.25) is 0 Å². The number of aliphatic imine (C=N–C) groups is 1. The summed E-state index contributed by atoms with van der Waals surface area (Å²) in [5, 5.41) is 3.44. The molecule has 3 heterocycles. The summed E-state index contributed by atoms with van der Waals surface area (Å²) in [6.45, 7) is 13.7. The fourth-order valence-electron chi connectivity index (χ4n) is 7.41. The van der Waals surface area contributed by atoms with E-state index in [1.165, 1.54) is 33.0 Å². The van der Waals surface area contributed by atoms with E-state index >= 15 is 0 Å². The van der Waals surface area contributed by atoms with E-state index in [1.807, 2.05) is 24.0 Å². The summed E-state index contributed by atoms with van der Waals surface area (Å²) in [6.07, 6.45) is 1.87. The standard InChI is InChI=1S/C39H33N3S.Pt/c1-24-17-18-40-33(21-24)26-15-16-30-29-11-7-10-14-34(29)42(35(30)23-26)28-20-25(2)19-27(22-28)36-41-39(6)37(3,4)31-12-8-9-13-32(31)38(39,5)43-36;/h7-21H,1-6H3;/q-2;+2/t38-,39+;/m0./s1. The zero-order valence-corrected chi connectivity index (χ0v) is 28.8. The van der Waals surface area contributed by atoms with Gasteiger partial charge in [0.05, 0.1) is 10.3 Å². The van der Waals surface area contributed by atoms with Gasteiger partial charge < -0.3 is 14.5 Å². The maximum absolute atomic E-state index is 5.56. The topological polar surface area (TPSA) is 30.2 Å². The molecule has 0 N–H and O–H groups in total. The molecule has 0 saturated heterocycles. The van der Waals surface area contributed by atoms with Gasteiger partial charge in [-0.2, -0.15) is 0 Å². The summed E-state index contributed by atoms with van der Waals surface area (Å²) in [5.41, 5.74) is 10.9. The van der Waals surface area contributed by atoms with Crippen molar-refractivity contribution in [3.63, 3.8) is 0 Å². The van der Waals surface area contributed by atoms with Gasteiger partial charge in [0.15, 0.2) is 0 Å². The first kappa shape index (κ1) is 29.3. The number of rotatable bonds is 3. The number of aromatic nitrogens is 2. The normalized spacial score (nSPS) is 21.6. The Morgan fingerprint density at radius 2 is 1.48 bits per heavy atom. The predicted octanol–water partition coefficient (Wildman–Crippen LogP) is 9.52. The van der Waals surface area contributed by atoms with Crippen LogP contribution in [-0.2, 0) is 31.2 Å². The Morgan fingerprint density at radius 3 is 2.27 bits per heavy atom. The van der Waals surface area contributed by atoms with Crippen molar-refractivity contribution in [3.05, 3.63) is 131 Å². The molecule has 2 aromatic heterocycles. The molecule has 5 heteroatoms. The number of nitrogens with zero attached hydrogens (tertiary/aromatic N) is 3.